The number of anilines is 2. The molecule has 10 heteroatoms. The fraction of sp³-hybridized carbons (Fsp3) is 0.217. The van der Waals surface area contributed by atoms with Crippen LogP contribution in [-0.2, 0) is 0 Å². The van der Waals surface area contributed by atoms with Crippen LogP contribution >= 0.6 is 11.6 Å². The molecule has 9 nitrogen and oxygen atoms in total. The van der Waals surface area contributed by atoms with Gasteiger partial charge < -0.3 is 25.1 Å². The van der Waals surface area contributed by atoms with Crippen LogP contribution in [0.15, 0.2) is 36.7 Å². The fourth-order valence-electron chi connectivity index (χ4n) is 4.06. The Bertz CT molecular complexity index is 1390. The maximum absolute atomic E-state index is 13.0. The number of carbonyl (C=O) groups is 1. The maximum Gasteiger partial charge on any atom is 0.316 e. The number of benzene rings is 1. The van der Waals surface area contributed by atoms with Crippen molar-refractivity contribution in [3.8, 4) is 23.0 Å². The van der Waals surface area contributed by atoms with E-state index in [0.717, 1.165) is 11.3 Å². The average molecular weight is 465 g/mol. The Labute approximate surface area is 194 Å². The summed E-state index contributed by atoms with van der Waals surface area (Å²) < 4.78 is 10.7. The van der Waals surface area contributed by atoms with Gasteiger partial charge in [-0.25, -0.2) is 4.98 Å². The monoisotopic (exact) mass is 464 g/mol. The molecule has 4 heterocycles. The molecule has 0 unspecified atom stereocenters. The summed E-state index contributed by atoms with van der Waals surface area (Å²) in [6.07, 6.45) is 3.29. The molecule has 1 aromatic carbocycles. The van der Waals surface area contributed by atoms with Gasteiger partial charge in [0, 0.05) is 29.9 Å². The van der Waals surface area contributed by atoms with Gasteiger partial charge in [-0.05, 0) is 18.2 Å². The van der Waals surface area contributed by atoms with Crippen molar-refractivity contribution in [2.75, 3.05) is 26.1 Å². The molecule has 3 aromatic heterocycles. The van der Waals surface area contributed by atoms with Crippen LogP contribution in [0.2, 0.25) is 5.02 Å². The Hall–Kier alpha value is -3.85. The average Bonchev–Trinajstić information content (AvgIpc) is 3.21. The minimum absolute atomic E-state index is 0.0884. The number of methoxy groups -OCH3 is 2. The van der Waals surface area contributed by atoms with E-state index in [9.17, 15) is 4.79 Å². The number of nitrogens with zero attached hydrogens (tertiary/aromatic N) is 3. The summed E-state index contributed by atoms with van der Waals surface area (Å²) in [6, 6.07) is 7.47. The second kappa shape index (κ2) is 8.25. The molecule has 1 aliphatic heterocycles. The molecule has 1 aliphatic rings. The maximum atomic E-state index is 13.0. The quantitative estimate of drug-likeness (QED) is 0.404. The van der Waals surface area contributed by atoms with E-state index in [-0.39, 0.29) is 17.8 Å². The zero-order chi connectivity index (χ0) is 23.1. The van der Waals surface area contributed by atoms with E-state index in [1.165, 1.54) is 7.11 Å². The van der Waals surface area contributed by atoms with Crippen molar-refractivity contribution in [1.29, 1.82) is 0 Å². The van der Waals surface area contributed by atoms with E-state index in [2.05, 4.69) is 37.5 Å². The van der Waals surface area contributed by atoms with Gasteiger partial charge in [-0.3, -0.25) is 9.78 Å². The van der Waals surface area contributed by atoms with Gasteiger partial charge in [-0.1, -0.05) is 24.6 Å². The van der Waals surface area contributed by atoms with E-state index in [1.807, 2.05) is 18.2 Å². The van der Waals surface area contributed by atoms with E-state index < -0.39 is 0 Å². The number of rotatable bonds is 5. The molecule has 4 aromatic rings. The Balaban J connectivity index is 1.78. The highest BCUT2D eigenvalue weighted by atomic mass is 35.5. The molecule has 0 spiro atoms. The first-order valence-corrected chi connectivity index (χ1v) is 10.7. The first-order valence-electron chi connectivity index (χ1n) is 10.3. The standard InChI is InChI=1S/C23H21ClN6O3/c1-11-9-26-22(31)16-17(11)29-19(20(16)28-14-6-4-5-13(24)21(14)32-2)12-7-8-25-15-10-27-23(33-3)30-18(12)15/h4-8,10-11,28-29H,9H2,1-3H3,(H,26,31)/t11-/m0/s1. The molecule has 1 amide bonds. The van der Waals surface area contributed by atoms with Gasteiger partial charge in [-0.15, -0.1) is 0 Å². The van der Waals surface area contributed by atoms with Crippen molar-refractivity contribution in [3.63, 3.8) is 0 Å². The molecule has 3 N–H and O–H groups in total. The van der Waals surface area contributed by atoms with Gasteiger partial charge in [0.25, 0.3) is 5.91 Å². The summed E-state index contributed by atoms with van der Waals surface area (Å²) in [5.41, 5.74) is 5.24. The second-order valence-electron chi connectivity index (χ2n) is 7.67. The third kappa shape index (κ3) is 3.50. The van der Waals surface area contributed by atoms with Gasteiger partial charge in [-0.2, -0.15) is 4.98 Å². The summed E-state index contributed by atoms with van der Waals surface area (Å²) in [4.78, 5) is 29.5. The molecule has 0 aliphatic carbocycles. The number of carbonyl (C=O) groups excluding carboxylic acids is 1. The lowest BCUT2D eigenvalue weighted by molar-refractivity contribution is 0.0942. The smallest absolute Gasteiger partial charge is 0.316 e. The molecular weight excluding hydrogens is 444 g/mol. The van der Waals surface area contributed by atoms with E-state index >= 15 is 0 Å². The SMILES string of the molecule is COc1ncc2nccc(-c3[nH]c4c(c3Nc3cccc(Cl)c3OC)C(=O)NC[C@@H]4C)c2n1. The minimum Gasteiger partial charge on any atom is -0.493 e. The third-order valence-corrected chi connectivity index (χ3v) is 5.96. The van der Waals surface area contributed by atoms with Gasteiger partial charge in [0.05, 0.1) is 48.1 Å². The highest BCUT2D eigenvalue weighted by Gasteiger charge is 2.32. The van der Waals surface area contributed by atoms with Gasteiger partial charge in [0.2, 0.25) is 0 Å². The number of para-hydroxylation sites is 1. The number of nitrogens with one attached hydrogen (secondary N) is 3. The van der Waals surface area contributed by atoms with Crippen molar-refractivity contribution in [2.45, 2.75) is 12.8 Å². The molecule has 168 valence electrons. The summed E-state index contributed by atoms with van der Waals surface area (Å²) in [7, 11) is 3.06. The zero-order valence-electron chi connectivity index (χ0n) is 18.2. The van der Waals surface area contributed by atoms with Gasteiger partial charge >= 0.3 is 6.01 Å². The minimum atomic E-state index is -0.167. The number of ether oxygens (including phenoxy) is 2. The number of hydrogen-bond donors (Lipinski definition) is 3. The van der Waals surface area contributed by atoms with Crippen LogP contribution in [0, 0.1) is 0 Å². The van der Waals surface area contributed by atoms with E-state index in [0.29, 0.717) is 51.0 Å². The molecule has 0 fully saturated rings. The number of H-pyrrole nitrogens is 1. The molecule has 0 saturated carbocycles. The molecular formula is C23H21ClN6O3. The second-order valence-corrected chi connectivity index (χ2v) is 8.08. The van der Waals surface area contributed by atoms with Gasteiger partial charge in [0.15, 0.2) is 5.75 Å². The predicted octanol–water partition coefficient (Wildman–Crippen LogP) is 4.28. The number of halogens is 1. The topological polar surface area (TPSA) is 114 Å². The summed E-state index contributed by atoms with van der Waals surface area (Å²) in [5.74, 6) is 0.401. The lowest BCUT2D eigenvalue weighted by Gasteiger charge is -2.20. The van der Waals surface area contributed by atoms with Crippen LogP contribution in [0.4, 0.5) is 11.4 Å². The van der Waals surface area contributed by atoms with Crippen molar-refractivity contribution >= 4 is 39.9 Å². The zero-order valence-corrected chi connectivity index (χ0v) is 18.9. The van der Waals surface area contributed by atoms with E-state index in [1.54, 1.807) is 25.6 Å². The number of amides is 1. The summed E-state index contributed by atoms with van der Waals surface area (Å²) in [6.45, 7) is 2.59. The van der Waals surface area contributed by atoms with Crippen LogP contribution in [0.1, 0.15) is 28.9 Å². The van der Waals surface area contributed by atoms with E-state index in [4.69, 9.17) is 21.1 Å². The number of aromatic nitrogens is 4. The largest absolute Gasteiger partial charge is 0.493 e. The van der Waals surface area contributed by atoms with Crippen molar-refractivity contribution < 1.29 is 14.3 Å². The number of fused-ring (bicyclic) bond motifs is 2. The molecule has 1 atom stereocenters. The highest BCUT2D eigenvalue weighted by molar-refractivity contribution is 6.32. The van der Waals surface area contributed by atoms with Crippen molar-refractivity contribution in [1.82, 2.24) is 25.3 Å². The van der Waals surface area contributed by atoms with Crippen molar-refractivity contribution in [3.05, 3.63) is 52.9 Å². The third-order valence-electron chi connectivity index (χ3n) is 5.66. The highest BCUT2D eigenvalue weighted by Crippen LogP contribution is 2.43. The van der Waals surface area contributed by atoms with Crippen molar-refractivity contribution in [2.24, 2.45) is 0 Å². The molecule has 0 radical (unpaired) electrons. The number of pyridine rings is 1. The lowest BCUT2D eigenvalue weighted by atomic mass is 9.98. The Morgan fingerprint density at radius 1 is 1.18 bits per heavy atom. The summed E-state index contributed by atoms with van der Waals surface area (Å²) >= 11 is 6.34. The number of aromatic amines is 1. The van der Waals surface area contributed by atoms with Gasteiger partial charge in [0.1, 0.15) is 11.0 Å². The van der Waals surface area contributed by atoms with Crippen LogP contribution in [0.25, 0.3) is 22.3 Å². The first-order chi connectivity index (χ1) is 16.0. The predicted molar refractivity (Wildman–Crippen MR) is 126 cm³/mol. The number of hydrogen-bond acceptors (Lipinski definition) is 7. The lowest BCUT2D eigenvalue weighted by Crippen LogP contribution is -2.33. The van der Waals surface area contributed by atoms with Crippen LogP contribution in [0.3, 0.4) is 0 Å². The molecule has 0 bridgehead atoms. The molecule has 33 heavy (non-hydrogen) atoms. The summed E-state index contributed by atoms with van der Waals surface area (Å²) in [5, 5.41) is 6.80. The Kier molecular flexibility index (Phi) is 5.26. The van der Waals surface area contributed by atoms with Crippen LogP contribution in [0.5, 0.6) is 11.8 Å². The van der Waals surface area contributed by atoms with Crippen LogP contribution in [-0.4, -0.2) is 46.6 Å². The fourth-order valence-corrected chi connectivity index (χ4v) is 4.31. The molecule has 0 saturated heterocycles. The normalized spacial score (nSPS) is 15.2. The Morgan fingerprint density at radius 3 is 2.82 bits per heavy atom. The molecule has 5 rings (SSSR count). The Morgan fingerprint density at radius 2 is 2.03 bits per heavy atom. The van der Waals surface area contributed by atoms with Crippen LogP contribution < -0.4 is 20.1 Å². The first kappa shape index (κ1) is 21.0.